The van der Waals surface area contributed by atoms with E-state index in [4.69, 9.17) is 16.3 Å². The number of amides is 1. The minimum absolute atomic E-state index is 0. The predicted octanol–water partition coefficient (Wildman–Crippen LogP) is 3.70. The second kappa shape index (κ2) is 13.1. The molecule has 0 radical (unpaired) electrons. The van der Waals surface area contributed by atoms with Crippen LogP contribution in [0.1, 0.15) is 40.3 Å². The zero-order chi connectivity index (χ0) is 29.3. The molecule has 5 aromatic rings. The first kappa shape index (κ1) is 31.3. The molecule has 6 nitrogen and oxygen atoms in total. The Morgan fingerprint density at radius 3 is 2.24 bits per heavy atom. The fourth-order valence-corrected chi connectivity index (χ4v) is 4.93. The SMILES string of the molecule is CC(C)Oc1ccc(C(=O)Nc2c(C(=O)[O-])n(Cc3cccc(Cl)c3)c3cc(-c4cc(F)cc(F)c4)ccc23)cc1.[Na+]. The zero-order valence-electron chi connectivity index (χ0n) is 23.1. The van der Waals surface area contributed by atoms with Crippen LogP contribution in [-0.4, -0.2) is 22.5 Å². The minimum atomic E-state index is -1.52. The normalized spacial score (nSPS) is 10.9. The first-order valence-electron chi connectivity index (χ1n) is 12.8. The largest absolute Gasteiger partial charge is 1.00 e. The molecule has 1 amide bonds. The summed E-state index contributed by atoms with van der Waals surface area (Å²) in [5.74, 6) is -2.96. The zero-order valence-corrected chi connectivity index (χ0v) is 25.8. The Labute approximate surface area is 268 Å². The van der Waals surface area contributed by atoms with E-state index in [-0.39, 0.29) is 64.7 Å². The average molecular weight is 597 g/mol. The average Bonchev–Trinajstić information content (AvgIpc) is 3.20. The maximum absolute atomic E-state index is 14.0. The third-order valence-electron chi connectivity index (χ3n) is 6.41. The molecule has 1 heterocycles. The van der Waals surface area contributed by atoms with E-state index in [0.717, 1.165) is 6.07 Å². The fraction of sp³-hybridized carbons (Fsp3) is 0.125. The summed E-state index contributed by atoms with van der Waals surface area (Å²) >= 11 is 6.17. The molecule has 0 spiro atoms. The van der Waals surface area contributed by atoms with Crippen molar-refractivity contribution in [2.45, 2.75) is 26.5 Å². The molecule has 0 fully saturated rings. The van der Waals surface area contributed by atoms with E-state index in [1.807, 2.05) is 13.8 Å². The van der Waals surface area contributed by atoms with Gasteiger partial charge in [0.25, 0.3) is 5.91 Å². The van der Waals surface area contributed by atoms with Crippen molar-refractivity contribution in [1.29, 1.82) is 0 Å². The number of rotatable bonds is 8. The molecule has 0 saturated carbocycles. The van der Waals surface area contributed by atoms with Crippen molar-refractivity contribution < 1.29 is 57.8 Å². The van der Waals surface area contributed by atoms with Gasteiger partial charge in [-0.3, -0.25) is 4.79 Å². The summed E-state index contributed by atoms with van der Waals surface area (Å²) in [7, 11) is 0. The molecule has 4 aromatic carbocycles. The van der Waals surface area contributed by atoms with Crippen molar-refractivity contribution in [2.24, 2.45) is 0 Å². The summed E-state index contributed by atoms with van der Waals surface area (Å²) in [5, 5.41) is 16.2. The summed E-state index contributed by atoms with van der Waals surface area (Å²) in [6.07, 6.45) is -0.0420. The molecule has 0 aliphatic heterocycles. The smallest absolute Gasteiger partial charge is 0.543 e. The number of nitrogens with zero attached hydrogens (tertiary/aromatic N) is 1. The van der Waals surface area contributed by atoms with Gasteiger partial charge < -0.3 is 24.5 Å². The second-order valence-electron chi connectivity index (χ2n) is 9.76. The van der Waals surface area contributed by atoms with E-state index >= 15 is 0 Å². The first-order valence-corrected chi connectivity index (χ1v) is 13.1. The second-order valence-corrected chi connectivity index (χ2v) is 10.2. The van der Waals surface area contributed by atoms with Gasteiger partial charge in [-0.15, -0.1) is 0 Å². The van der Waals surface area contributed by atoms with Crippen LogP contribution in [0.4, 0.5) is 14.5 Å². The molecule has 0 atom stereocenters. The maximum atomic E-state index is 14.0. The Morgan fingerprint density at radius 2 is 1.62 bits per heavy atom. The van der Waals surface area contributed by atoms with Gasteiger partial charge in [0.05, 0.1) is 29.0 Å². The standard InChI is InChI=1S/C32H25ClF2N2O4.Na/c1-18(2)41-26-9-6-20(7-10-26)31(38)36-29-27-11-8-21(22-13-24(34)16-25(35)14-22)15-28(27)37(30(29)32(39)40)17-19-4-3-5-23(33)12-19;/h3-16,18H,17H2,1-2H3,(H,36,38)(H,39,40);/q;+1/p-1. The van der Waals surface area contributed by atoms with Crippen molar-refractivity contribution in [3.63, 3.8) is 0 Å². The van der Waals surface area contributed by atoms with E-state index in [1.165, 1.54) is 16.7 Å². The first-order chi connectivity index (χ1) is 19.6. The molecule has 208 valence electrons. The summed E-state index contributed by atoms with van der Waals surface area (Å²) in [5.41, 5.74) is 1.86. The Balaban J connectivity index is 0.00000405. The van der Waals surface area contributed by atoms with Gasteiger partial charge in [0.15, 0.2) is 0 Å². The van der Waals surface area contributed by atoms with Gasteiger partial charge in [-0.2, -0.15) is 0 Å². The number of benzene rings is 4. The van der Waals surface area contributed by atoms with Gasteiger partial charge in [-0.05, 0) is 85.1 Å². The van der Waals surface area contributed by atoms with Crippen molar-refractivity contribution in [1.82, 2.24) is 4.57 Å². The van der Waals surface area contributed by atoms with E-state index in [2.05, 4.69) is 5.32 Å². The molecular formula is C32H24ClF2N2NaO4. The van der Waals surface area contributed by atoms with E-state index in [9.17, 15) is 23.5 Å². The molecule has 0 unspecified atom stereocenters. The van der Waals surface area contributed by atoms with Crippen LogP contribution in [0, 0.1) is 11.6 Å². The topological polar surface area (TPSA) is 83.4 Å². The van der Waals surface area contributed by atoms with Crippen LogP contribution in [0.15, 0.2) is 84.9 Å². The summed E-state index contributed by atoms with van der Waals surface area (Å²) in [6, 6.07) is 21.3. The molecular weight excluding hydrogens is 573 g/mol. The van der Waals surface area contributed by atoms with Crippen molar-refractivity contribution in [2.75, 3.05) is 5.32 Å². The van der Waals surface area contributed by atoms with Crippen molar-refractivity contribution in [3.8, 4) is 16.9 Å². The van der Waals surface area contributed by atoms with Crippen molar-refractivity contribution in [3.05, 3.63) is 118 Å². The number of nitrogens with one attached hydrogen (secondary N) is 1. The number of carbonyl (C=O) groups is 2. The molecule has 10 heteroatoms. The Kier molecular flexibility index (Phi) is 9.74. The number of aromatic carboxylic acids is 1. The molecule has 1 aromatic heterocycles. The monoisotopic (exact) mass is 596 g/mol. The van der Waals surface area contributed by atoms with Crippen LogP contribution in [0.25, 0.3) is 22.0 Å². The van der Waals surface area contributed by atoms with Crippen molar-refractivity contribution >= 4 is 40.1 Å². The quantitative estimate of drug-likeness (QED) is 0.277. The Hall–Kier alpha value is -3.69. The summed E-state index contributed by atoms with van der Waals surface area (Å²) in [6.45, 7) is 3.84. The number of carbonyl (C=O) groups excluding carboxylic acids is 2. The van der Waals surface area contributed by atoms with Crippen LogP contribution < -0.4 is 44.7 Å². The fourth-order valence-electron chi connectivity index (χ4n) is 4.71. The number of anilines is 1. The maximum Gasteiger partial charge on any atom is 1.00 e. The number of aromatic nitrogens is 1. The molecule has 5 rings (SSSR count). The third-order valence-corrected chi connectivity index (χ3v) is 6.65. The van der Waals surface area contributed by atoms with E-state index in [1.54, 1.807) is 66.7 Å². The van der Waals surface area contributed by atoms with E-state index in [0.29, 0.717) is 32.8 Å². The van der Waals surface area contributed by atoms with E-state index < -0.39 is 23.5 Å². The number of hydrogen-bond donors (Lipinski definition) is 1. The van der Waals surface area contributed by atoms with Crippen LogP contribution >= 0.6 is 11.6 Å². The summed E-state index contributed by atoms with van der Waals surface area (Å²) < 4.78 is 35.1. The number of carboxylic acids is 1. The van der Waals surface area contributed by atoms with Crippen LogP contribution in [-0.2, 0) is 6.54 Å². The van der Waals surface area contributed by atoms with Gasteiger partial charge in [0, 0.05) is 28.6 Å². The Morgan fingerprint density at radius 1 is 0.929 bits per heavy atom. The predicted molar refractivity (Wildman–Crippen MR) is 152 cm³/mol. The minimum Gasteiger partial charge on any atom is -0.543 e. The van der Waals surface area contributed by atoms with Gasteiger partial charge in [0.2, 0.25) is 0 Å². The molecule has 1 N–H and O–H groups in total. The van der Waals surface area contributed by atoms with Crippen LogP contribution in [0.2, 0.25) is 5.02 Å². The van der Waals surface area contributed by atoms with Crippen LogP contribution in [0.5, 0.6) is 5.75 Å². The van der Waals surface area contributed by atoms with Gasteiger partial charge in [-0.1, -0.05) is 35.9 Å². The van der Waals surface area contributed by atoms with Gasteiger partial charge in [-0.25, -0.2) is 8.78 Å². The summed E-state index contributed by atoms with van der Waals surface area (Å²) in [4.78, 5) is 25.8. The van der Waals surface area contributed by atoms with Gasteiger partial charge in [0.1, 0.15) is 17.4 Å². The molecule has 0 bridgehead atoms. The molecule has 42 heavy (non-hydrogen) atoms. The molecule has 0 saturated heterocycles. The number of halogens is 3. The van der Waals surface area contributed by atoms with Gasteiger partial charge >= 0.3 is 29.6 Å². The molecule has 0 aliphatic carbocycles. The Bertz CT molecular complexity index is 1770. The van der Waals surface area contributed by atoms with Crippen LogP contribution in [0.3, 0.4) is 0 Å². The number of ether oxygens (including phenoxy) is 1. The molecule has 0 aliphatic rings. The number of fused-ring (bicyclic) bond motifs is 1. The number of hydrogen-bond acceptors (Lipinski definition) is 4. The number of carboxylic acid groups (broad SMARTS) is 1. The third kappa shape index (κ3) is 6.85.